The van der Waals surface area contributed by atoms with Crippen molar-refractivity contribution in [2.75, 3.05) is 18.9 Å². The third kappa shape index (κ3) is 5.01. The number of anilines is 1. The highest BCUT2D eigenvalue weighted by atomic mass is 16.2. The number of amides is 1. The van der Waals surface area contributed by atoms with Gasteiger partial charge in [0.05, 0.1) is 7.05 Å². The van der Waals surface area contributed by atoms with E-state index >= 15 is 0 Å². The first-order valence-electron chi connectivity index (χ1n) is 7.82. The topological polar surface area (TPSA) is 33.5 Å². The van der Waals surface area contributed by atoms with Gasteiger partial charge in [-0.2, -0.15) is 0 Å². The zero-order valence-corrected chi connectivity index (χ0v) is 13.6. The van der Waals surface area contributed by atoms with E-state index in [1.165, 1.54) is 21.6 Å². The van der Waals surface area contributed by atoms with Crippen LogP contribution in [-0.2, 0) is 17.8 Å². The molecule has 2 N–H and O–H groups in total. The van der Waals surface area contributed by atoms with Crippen molar-refractivity contribution in [3.05, 3.63) is 65.2 Å². The van der Waals surface area contributed by atoms with Crippen molar-refractivity contribution in [2.45, 2.75) is 26.8 Å². The molecule has 0 aliphatic heterocycles. The van der Waals surface area contributed by atoms with Gasteiger partial charge in [0, 0.05) is 11.3 Å². The molecule has 2 rings (SSSR count). The lowest BCUT2D eigenvalue weighted by Crippen LogP contribution is -3.08. The number of nitrogens with one attached hydrogen (secondary N) is 2. The number of quaternary nitrogens is 1. The summed E-state index contributed by atoms with van der Waals surface area (Å²) in [5.74, 6) is 0.0477. The molecule has 0 saturated carbocycles. The van der Waals surface area contributed by atoms with E-state index in [4.69, 9.17) is 0 Å². The molecule has 0 bridgehead atoms. The predicted octanol–water partition coefficient (Wildman–Crippen LogP) is 2.21. The summed E-state index contributed by atoms with van der Waals surface area (Å²) < 4.78 is 0. The lowest BCUT2D eigenvalue weighted by atomic mass is 10.1. The van der Waals surface area contributed by atoms with Crippen LogP contribution in [0.15, 0.2) is 48.5 Å². The van der Waals surface area contributed by atoms with E-state index in [0.717, 1.165) is 18.7 Å². The van der Waals surface area contributed by atoms with Crippen molar-refractivity contribution in [2.24, 2.45) is 0 Å². The van der Waals surface area contributed by atoms with Gasteiger partial charge in [-0.05, 0) is 31.0 Å². The van der Waals surface area contributed by atoms with Crippen molar-refractivity contribution in [1.82, 2.24) is 0 Å². The Hall–Kier alpha value is -2.13. The van der Waals surface area contributed by atoms with Gasteiger partial charge < -0.3 is 10.2 Å². The Morgan fingerprint density at radius 2 is 1.59 bits per heavy atom. The molecule has 1 unspecified atom stereocenters. The van der Waals surface area contributed by atoms with Gasteiger partial charge in [-0.1, -0.05) is 48.9 Å². The molecular weight excluding hydrogens is 272 g/mol. The Bertz CT molecular complexity index is 602. The Kier molecular flexibility index (Phi) is 5.73. The number of likely N-dealkylation sites (N-methyl/N-ethyl adjacent to an activating group) is 1. The van der Waals surface area contributed by atoms with E-state index in [-0.39, 0.29) is 5.91 Å². The SMILES string of the molecule is CCc1ccc(C[NH+](C)CC(=O)Nc2ccc(C)cc2)cc1. The molecule has 1 atom stereocenters. The summed E-state index contributed by atoms with van der Waals surface area (Å²) >= 11 is 0. The van der Waals surface area contributed by atoms with Crippen molar-refractivity contribution in [3.8, 4) is 0 Å². The molecule has 2 aromatic rings. The molecule has 0 radical (unpaired) electrons. The van der Waals surface area contributed by atoms with Crippen LogP contribution in [0.1, 0.15) is 23.6 Å². The van der Waals surface area contributed by atoms with Crippen molar-refractivity contribution >= 4 is 11.6 Å². The van der Waals surface area contributed by atoms with Crippen LogP contribution in [0.5, 0.6) is 0 Å². The maximum absolute atomic E-state index is 12.1. The molecule has 116 valence electrons. The number of hydrogen-bond acceptors (Lipinski definition) is 1. The lowest BCUT2D eigenvalue weighted by Gasteiger charge is -2.14. The highest BCUT2D eigenvalue weighted by Gasteiger charge is 2.10. The van der Waals surface area contributed by atoms with E-state index in [9.17, 15) is 4.79 Å². The molecule has 1 amide bonds. The molecule has 0 aliphatic carbocycles. The van der Waals surface area contributed by atoms with Gasteiger partial charge in [-0.15, -0.1) is 0 Å². The van der Waals surface area contributed by atoms with Crippen LogP contribution in [0.25, 0.3) is 0 Å². The smallest absolute Gasteiger partial charge is 0.279 e. The fourth-order valence-corrected chi connectivity index (χ4v) is 2.42. The summed E-state index contributed by atoms with van der Waals surface area (Å²) in [6.07, 6.45) is 1.06. The number of rotatable bonds is 6. The minimum absolute atomic E-state index is 0.0477. The second-order valence-electron chi connectivity index (χ2n) is 5.89. The number of carbonyl (C=O) groups excluding carboxylic acids is 1. The number of benzene rings is 2. The van der Waals surface area contributed by atoms with Crippen LogP contribution < -0.4 is 10.2 Å². The third-order valence-corrected chi connectivity index (χ3v) is 3.73. The molecule has 0 aliphatic rings. The quantitative estimate of drug-likeness (QED) is 0.842. The molecule has 0 saturated heterocycles. The molecular formula is C19H25N2O+. The van der Waals surface area contributed by atoms with Gasteiger partial charge in [0.25, 0.3) is 5.91 Å². The van der Waals surface area contributed by atoms with Crippen LogP contribution in [0.2, 0.25) is 0 Å². The predicted molar refractivity (Wildman–Crippen MR) is 91.1 cm³/mol. The lowest BCUT2D eigenvalue weighted by molar-refractivity contribution is -0.885. The minimum Gasteiger partial charge on any atom is -0.326 e. The van der Waals surface area contributed by atoms with E-state index in [2.05, 4.69) is 36.5 Å². The van der Waals surface area contributed by atoms with Gasteiger partial charge in [0.1, 0.15) is 6.54 Å². The summed E-state index contributed by atoms with van der Waals surface area (Å²) in [5.41, 5.74) is 4.66. The average Bonchev–Trinajstić information content (AvgIpc) is 2.50. The molecule has 22 heavy (non-hydrogen) atoms. The van der Waals surface area contributed by atoms with Gasteiger partial charge in [-0.25, -0.2) is 0 Å². The second-order valence-corrected chi connectivity index (χ2v) is 5.89. The molecule has 0 aromatic heterocycles. The molecule has 2 aromatic carbocycles. The van der Waals surface area contributed by atoms with Crippen LogP contribution in [0, 0.1) is 6.92 Å². The highest BCUT2D eigenvalue weighted by Crippen LogP contribution is 2.08. The van der Waals surface area contributed by atoms with Crippen LogP contribution in [-0.4, -0.2) is 19.5 Å². The van der Waals surface area contributed by atoms with E-state index < -0.39 is 0 Å². The van der Waals surface area contributed by atoms with Gasteiger partial charge >= 0.3 is 0 Å². The Morgan fingerprint density at radius 3 is 2.18 bits per heavy atom. The first-order chi connectivity index (χ1) is 10.6. The van der Waals surface area contributed by atoms with Crippen molar-refractivity contribution < 1.29 is 9.69 Å². The molecule has 0 fully saturated rings. The summed E-state index contributed by atoms with van der Waals surface area (Å²) in [6.45, 7) is 5.50. The van der Waals surface area contributed by atoms with Crippen LogP contribution in [0.4, 0.5) is 5.69 Å². The highest BCUT2D eigenvalue weighted by molar-refractivity contribution is 5.91. The minimum atomic E-state index is 0.0477. The molecule has 0 heterocycles. The molecule has 0 spiro atoms. The van der Waals surface area contributed by atoms with Gasteiger partial charge in [-0.3, -0.25) is 4.79 Å². The van der Waals surface area contributed by atoms with Crippen molar-refractivity contribution in [1.29, 1.82) is 0 Å². The molecule has 3 heteroatoms. The zero-order chi connectivity index (χ0) is 15.9. The molecule has 3 nitrogen and oxygen atoms in total. The summed E-state index contributed by atoms with van der Waals surface area (Å²) in [7, 11) is 2.04. The zero-order valence-electron chi connectivity index (χ0n) is 13.6. The number of carbonyl (C=O) groups is 1. The number of hydrogen-bond donors (Lipinski definition) is 2. The first-order valence-corrected chi connectivity index (χ1v) is 7.82. The first kappa shape index (κ1) is 16.2. The second kappa shape index (κ2) is 7.76. The fraction of sp³-hybridized carbons (Fsp3) is 0.316. The van der Waals surface area contributed by atoms with Gasteiger partial charge in [0.15, 0.2) is 6.54 Å². The Morgan fingerprint density at radius 1 is 1.00 bits per heavy atom. The summed E-state index contributed by atoms with van der Waals surface area (Å²) in [4.78, 5) is 13.2. The summed E-state index contributed by atoms with van der Waals surface area (Å²) in [6, 6.07) is 16.5. The van der Waals surface area contributed by atoms with Gasteiger partial charge in [0.2, 0.25) is 0 Å². The summed E-state index contributed by atoms with van der Waals surface area (Å²) in [5, 5.41) is 2.94. The maximum atomic E-state index is 12.1. The maximum Gasteiger partial charge on any atom is 0.279 e. The van der Waals surface area contributed by atoms with Crippen molar-refractivity contribution in [3.63, 3.8) is 0 Å². The monoisotopic (exact) mass is 297 g/mol. The third-order valence-electron chi connectivity index (χ3n) is 3.73. The van der Waals surface area contributed by atoms with E-state index in [1.54, 1.807) is 0 Å². The largest absolute Gasteiger partial charge is 0.326 e. The standard InChI is InChI=1S/C19H24N2O/c1-4-16-7-9-17(10-8-16)13-21(3)14-19(22)20-18-11-5-15(2)6-12-18/h5-12H,4,13-14H2,1-3H3,(H,20,22)/p+1. The fourth-order valence-electron chi connectivity index (χ4n) is 2.42. The Labute approximate surface area is 133 Å². The average molecular weight is 297 g/mol. The normalized spacial score (nSPS) is 12.0. The van der Waals surface area contributed by atoms with Crippen LogP contribution >= 0.6 is 0 Å². The van der Waals surface area contributed by atoms with Crippen LogP contribution in [0.3, 0.4) is 0 Å². The van der Waals surface area contributed by atoms with E-state index in [0.29, 0.717) is 6.54 Å². The van der Waals surface area contributed by atoms with E-state index in [1.807, 2.05) is 38.2 Å². The Balaban J connectivity index is 1.83. The number of aryl methyl sites for hydroxylation is 2.